The van der Waals surface area contributed by atoms with Crippen LogP contribution >= 0.6 is 0 Å². The smallest absolute Gasteiger partial charge is 0.116 e. The van der Waals surface area contributed by atoms with Crippen LogP contribution in [0.4, 0.5) is 0 Å². The second-order valence-electron chi connectivity index (χ2n) is 3.16. The summed E-state index contributed by atoms with van der Waals surface area (Å²) in [6, 6.07) is 0. The standard InChI is InChI=1S/C9H13N3/c10-5-9-7-3-1-2-4-8(7)11-6-12-9/h6H,1-5,10H2. The Morgan fingerprint density at radius 2 is 2.08 bits per heavy atom. The minimum absolute atomic E-state index is 0.546. The lowest BCUT2D eigenvalue weighted by molar-refractivity contribution is 0.651. The molecule has 0 aliphatic heterocycles. The van der Waals surface area contributed by atoms with Crippen LogP contribution in [0.3, 0.4) is 0 Å². The topological polar surface area (TPSA) is 51.8 Å². The molecule has 0 radical (unpaired) electrons. The van der Waals surface area contributed by atoms with Crippen molar-refractivity contribution in [1.29, 1.82) is 0 Å². The predicted molar refractivity (Wildman–Crippen MR) is 46.6 cm³/mol. The van der Waals surface area contributed by atoms with Crippen molar-refractivity contribution in [3.63, 3.8) is 0 Å². The van der Waals surface area contributed by atoms with E-state index in [4.69, 9.17) is 5.73 Å². The lowest BCUT2D eigenvalue weighted by Gasteiger charge is -2.16. The van der Waals surface area contributed by atoms with Gasteiger partial charge in [-0.15, -0.1) is 0 Å². The molecular weight excluding hydrogens is 150 g/mol. The summed E-state index contributed by atoms with van der Waals surface area (Å²) in [5.41, 5.74) is 9.16. The van der Waals surface area contributed by atoms with E-state index in [9.17, 15) is 0 Å². The fraction of sp³-hybridized carbons (Fsp3) is 0.556. The first-order valence-corrected chi connectivity index (χ1v) is 4.43. The molecule has 0 spiro atoms. The van der Waals surface area contributed by atoms with Crippen molar-refractivity contribution in [2.75, 3.05) is 0 Å². The van der Waals surface area contributed by atoms with Crippen LogP contribution in [-0.2, 0) is 19.4 Å². The zero-order valence-corrected chi connectivity index (χ0v) is 7.08. The Bertz CT molecular complexity index is 269. The van der Waals surface area contributed by atoms with Gasteiger partial charge in [-0.1, -0.05) is 0 Å². The molecule has 0 atom stereocenters. The van der Waals surface area contributed by atoms with Gasteiger partial charge in [0.2, 0.25) is 0 Å². The maximum atomic E-state index is 5.58. The largest absolute Gasteiger partial charge is 0.325 e. The second kappa shape index (κ2) is 3.19. The van der Waals surface area contributed by atoms with Gasteiger partial charge < -0.3 is 5.73 Å². The van der Waals surface area contributed by atoms with Crippen molar-refractivity contribution in [2.24, 2.45) is 5.73 Å². The number of fused-ring (bicyclic) bond motifs is 1. The highest BCUT2D eigenvalue weighted by molar-refractivity contribution is 5.26. The quantitative estimate of drug-likeness (QED) is 0.666. The van der Waals surface area contributed by atoms with Crippen LogP contribution in [0.15, 0.2) is 6.33 Å². The summed E-state index contributed by atoms with van der Waals surface area (Å²) in [6.07, 6.45) is 6.36. The van der Waals surface area contributed by atoms with Crippen molar-refractivity contribution < 1.29 is 0 Å². The van der Waals surface area contributed by atoms with Gasteiger partial charge in [-0.3, -0.25) is 0 Å². The first-order chi connectivity index (χ1) is 5.92. The molecule has 0 saturated carbocycles. The van der Waals surface area contributed by atoms with E-state index in [1.165, 1.54) is 24.1 Å². The zero-order valence-electron chi connectivity index (χ0n) is 7.08. The van der Waals surface area contributed by atoms with E-state index in [1.54, 1.807) is 6.33 Å². The van der Waals surface area contributed by atoms with Gasteiger partial charge >= 0.3 is 0 Å². The van der Waals surface area contributed by atoms with Gasteiger partial charge in [-0.25, -0.2) is 9.97 Å². The first-order valence-electron chi connectivity index (χ1n) is 4.43. The molecule has 64 valence electrons. The number of hydrogen-bond acceptors (Lipinski definition) is 3. The summed E-state index contributed by atoms with van der Waals surface area (Å²) in [5, 5.41) is 0. The lowest BCUT2D eigenvalue weighted by Crippen LogP contribution is -2.12. The Morgan fingerprint density at radius 3 is 2.92 bits per heavy atom. The highest BCUT2D eigenvalue weighted by Gasteiger charge is 2.13. The zero-order chi connectivity index (χ0) is 8.39. The monoisotopic (exact) mass is 163 g/mol. The van der Waals surface area contributed by atoms with Gasteiger partial charge in [0, 0.05) is 12.2 Å². The van der Waals surface area contributed by atoms with Crippen LogP contribution in [0.5, 0.6) is 0 Å². The third-order valence-electron chi connectivity index (χ3n) is 2.41. The molecule has 0 aromatic carbocycles. The van der Waals surface area contributed by atoms with Crippen LogP contribution in [0.2, 0.25) is 0 Å². The van der Waals surface area contributed by atoms with E-state index in [2.05, 4.69) is 9.97 Å². The summed E-state index contributed by atoms with van der Waals surface area (Å²) in [4.78, 5) is 8.44. The predicted octanol–water partition coefficient (Wildman–Crippen LogP) is 0.814. The molecule has 1 aromatic rings. The maximum Gasteiger partial charge on any atom is 0.116 e. The Labute approximate surface area is 72.0 Å². The Kier molecular flexibility index (Phi) is 2.04. The highest BCUT2D eigenvalue weighted by atomic mass is 14.9. The van der Waals surface area contributed by atoms with Crippen LogP contribution in [0.1, 0.15) is 29.8 Å². The molecule has 0 saturated heterocycles. The molecule has 0 unspecified atom stereocenters. The van der Waals surface area contributed by atoms with E-state index in [1.807, 2.05) is 0 Å². The maximum absolute atomic E-state index is 5.58. The average molecular weight is 163 g/mol. The molecule has 3 heteroatoms. The molecular formula is C9H13N3. The Morgan fingerprint density at radius 1 is 1.25 bits per heavy atom. The molecule has 1 aliphatic rings. The fourth-order valence-electron chi connectivity index (χ4n) is 1.76. The second-order valence-corrected chi connectivity index (χ2v) is 3.16. The van der Waals surface area contributed by atoms with Gasteiger partial charge in [0.1, 0.15) is 6.33 Å². The van der Waals surface area contributed by atoms with Gasteiger partial charge in [-0.2, -0.15) is 0 Å². The van der Waals surface area contributed by atoms with Crippen molar-refractivity contribution in [3.8, 4) is 0 Å². The first kappa shape index (κ1) is 7.68. The minimum Gasteiger partial charge on any atom is -0.325 e. The van der Waals surface area contributed by atoms with Gasteiger partial charge in [0.15, 0.2) is 0 Å². The molecule has 1 heterocycles. The Hall–Kier alpha value is -0.960. The molecule has 1 aromatic heterocycles. The number of nitrogens with zero attached hydrogens (tertiary/aromatic N) is 2. The number of nitrogens with two attached hydrogens (primary N) is 1. The third kappa shape index (κ3) is 1.20. The number of hydrogen-bond donors (Lipinski definition) is 1. The highest BCUT2D eigenvalue weighted by Crippen LogP contribution is 2.20. The van der Waals surface area contributed by atoms with Gasteiger partial charge in [-0.05, 0) is 31.2 Å². The molecule has 1 aliphatic carbocycles. The molecule has 0 bridgehead atoms. The van der Waals surface area contributed by atoms with Crippen molar-refractivity contribution in [1.82, 2.24) is 9.97 Å². The lowest BCUT2D eigenvalue weighted by atomic mass is 9.95. The van der Waals surface area contributed by atoms with Gasteiger partial charge in [0.25, 0.3) is 0 Å². The molecule has 3 nitrogen and oxygen atoms in total. The van der Waals surface area contributed by atoms with E-state index in [0.29, 0.717) is 6.54 Å². The third-order valence-corrected chi connectivity index (χ3v) is 2.41. The van der Waals surface area contributed by atoms with Crippen LogP contribution in [0, 0.1) is 0 Å². The molecule has 2 N–H and O–H groups in total. The number of aryl methyl sites for hydroxylation is 1. The van der Waals surface area contributed by atoms with Crippen LogP contribution < -0.4 is 5.73 Å². The van der Waals surface area contributed by atoms with Crippen LogP contribution in [-0.4, -0.2) is 9.97 Å². The van der Waals surface area contributed by atoms with E-state index in [0.717, 1.165) is 18.5 Å². The SMILES string of the molecule is NCc1ncnc2c1CCCC2. The Balaban J connectivity index is 2.44. The molecule has 0 fully saturated rings. The summed E-state index contributed by atoms with van der Waals surface area (Å²) in [5.74, 6) is 0. The number of rotatable bonds is 1. The normalized spacial score (nSPS) is 15.8. The van der Waals surface area contributed by atoms with Crippen molar-refractivity contribution >= 4 is 0 Å². The number of aromatic nitrogens is 2. The van der Waals surface area contributed by atoms with Gasteiger partial charge in [0.05, 0.1) is 5.69 Å². The van der Waals surface area contributed by atoms with Crippen LogP contribution in [0.25, 0.3) is 0 Å². The van der Waals surface area contributed by atoms with E-state index < -0.39 is 0 Å². The fourth-order valence-corrected chi connectivity index (χ4v) is 1.76. The molecule has 0 amide bonds. The average Bonchev–Trinajstić information content (AvgIpc) is 2.17. The summed E-state index contributed by atoms with van der Waals surface area (Å²) >= 11 is 0. The van der Waals surface area contributed by atoms with E-state index in [-0.39, 0.29) is 0 Å². The molecule has 12 heavy (non-hydrogen) atoms. The van der Waals surface area contributed by atoms with Crippen molar-refractivity contribution in [3.05, 3.63) is 23.3 Å². The minimum atomic E-state index is 0.546. The summed E-state index contributed by atoms with van der Waals surface area (Å²) in [7, 11) is 0. The molecule has 2 rings (SSSR count). The summed E-state index contributed by atoms with van der Waals surface area (Å²) < 4.78 is 0. The summed E-state index contributed by atoms with van der Waals surface area (Å²) in [6.45, 7) is 0.546. The van der Waals surface area contributed by atoms with E-state index >= 15 is 0 Å². The van der Waals surface area contributed by atoms with Crippen molar-refractivity contribution in [2.45, 2.75) is 32.2 Å².